The minimum atomic E-state index is 0. The van der Waals surface area contributed by atoms with Gasteiger partial charge in [0.15, 0.2) is 0 Å². The van der Waals surface area contributed by atoms with E-state index in [1.807, 2.05) is 0 Å². The Balaban J connectivity index is 0.00000361. The second kappa shape index (κ2) is 10.8. The fourth-order valence-corrected chi connectivity index (χ4v) is 1.86. The van der Waals surface area contributed by atoms with Gasteiger partial charge in [-0.15, -0.1) is 0 Å². The fourth-order valence-electron chi connectivity index (χ4n) is 1.86. The molecule has 112 valence electrons. The number of unbranched alkanes of at least 4 members (excludes halogenated alkanes) is 1. The van der Waals surface area contributed by atoms with Crippen LogP contribution in [0.25, 0.3) is 0 Å². The maximum atomic E-state index is 4.24. The van der Waals surface area contributed by atoms with E-state index in [2.05, 4.69) is 67.3 Å². The molecule has 0 saturated heterocycles. The highest BCUT2D eigenvalue weighted by Gasteiger charge is 2.14. The lowest BCUT2D eigenvalue weighted by Crippen LogP contribution is -3.00. The van der Waals surface area contributed by atoms with E-state index >= 15 is 0 Å². The van der Waals surface area contributed by atoms with Crippen LogP contribution in [0.5, 0.6) is 0 Å². The molecule has 1 aromatic rings. The Morgan fingerprint density at radius 3 is 2.35 bits per heavy atom. The van der Waals surface area contributed by atoms with E-state index in [-0.39, 0.29) is 17.0 Å². The van der Waals surface area contributed by atoms with Crippen molar-refractivity contribution in [3.8, 4) is 0 Å². The van der Waals surface area contributed by atoms with Gasteiger partial charge in [-0.2, -0.15) is 0 Å². The number of hydrogen-bond acceptors (Lipinski definition) is 2. The Hall–Kier alpha value is -0.960. The summed E-state index contributed by atoms with van der Waals surface area (Å²) in [6, 6.07) is 13.4. The molecule has 1 rings (SSSR count). The van der Waals surface area contributed by atoms with Gasteiger partial charge in [-0.05, 0) is 6.42 Å². The van der Waals surface area contributed by atoms with E-state index in [0.29, 0.717) is 0 Å². The molecule has 20 heavy (non-hydrogen) atoms. The van der Waals surface area contributed by atoms with Crippen molar-refractivity contribution >= 4 is 6.01 Å². The van der Waals surface area contributed by atoms with E-state index in [1.54, 1.807) is 0 Å². The number of likely N-dealkylation sites (N-methyl/N-ethyl adjacent to an activating group) is 1. The molecule has 0 bridgehead atoms. The first-order valence-electron chi connectivity index (χ1n) is 7.08. The summed E-state index contributed by atoms with van der Waals surface area (Å²) in [6.45, 7) is 5.84. The lowest BCUT2D eigenvalue weighted by molar-refractivity contribution is -0.902. The highest BCUT2D eigenvalue weighted by atomic mass is 79.9. The number of rotatable bonds is 8. The SMILES string of the molecule is CCCCN=C=NCC[N+](C)(C)Cc1ccccc1.[Br-]. The van der Waals surface area contributed by atoms with Crippen molar-refractivity contribution in [2.45, 2.75) is 26.3 Å². The predicted molar refractivity (Wildman–Crippen MR) is 81.6 cm³/mol. The minimum absolute atomic E-state index is 0. The van der Waals surface area contributed by atoms with Crippen LogP contribution in [0.1, 0.15) is 25.3 Å². The number of quaternary nitrogens is 1. The smallest absolute Gasteiger partial charge is 0.104 e. The van der Waals surface area contributed by atoms with Crippen LogP contribution in [0.15, 0.2) is 40.3 Å². The van der Waals surface area contributed by atoms with Crippen molar-refractivity contribution in [3.63, 3.8) is 0 Å². The predicted octanol–water partition coefficient (Wildman–Crippen LogP) is 0.241. The topological polar surface area (TPSA) is 24.7 Å². The first kappa shape index (κ1) is 19.0. The molecule has 0 aromatic heterocycles. The quantitative estimate of drug-likeness (QED) is 0.368. The van der Waals surface area contributed by atoms with Gasteiger partial charge in [-0.25, -0.2) is 9.98 Å². The van der Waals surface area contributed by atoms with Crippen molar-refractivity contribution in [2.75, 3.05) is 33.7 Å². The van der Waals surface area contributed by atoms with Gasteiger partial charge in [0.1, 0.15) is 6.54 Å². The number of halogens is 1. The molecular weight excluding hydrogens is 314 g/mol. The Morgan fingerprint density at radius 2 is 1.70 bits per heavy atom. The van der Waals surface area contributed by atoms with Crippen molar-refractivity contribution in [1.29, 1.82) is 0 Å². The van der Waals surface area contributed by atoms with Gasteiger partial charge in [0.05, 0.1) is 33.2 Å². The lowest BCUT2D eigenvalue weighted by atomic mass is 10.2. The molecule has 3 nitrogen and oxygen atoms in total. The zero-order valence-corrected chi connectivity index (χ0v) is 14.4. The second-order valence-electron chi connectivity index (χ2n) is 5.52. The van der Waals surface area contributed by atoms with Gasteiger partial charge >= 0.3 is 0 Å². The van der Waals surface area contributed by atoms with Crippen LogP contribution in [0.3, 0.4) is 0 Å². The van der Waals surface area contributed by atoms with Gasteiger partial charge in [0, 0.05) is 12.1 Å². The molecule has 0 spiro atoms. The summed E-state index contributed by atoms with van der Waals surface area (Å²) in [5.41, 5.74) is 1.37. The molecule has 0 saturated carbocycles. The van der Waals surface area contributed by atoms with Gasteiger partial charge in [0.25, 0.3) is 0 Å². The highest BCUT2D eigenvalue weighted by Crippen LogP contribution is 2.08. The molecule has 0 heterocycles. The Labute approximate surface area is 133 Å². The summed E-state index contributed by atoms with van der Waals surface area (Å²) in [6.07, 6.45) is 2.30. The molecule has 0 fully saturated rings. The van der Waals surface area contributed by atoms with Crippen LogP contribution in [-0.4, -0.2) is 44.2 Å². The van der Waals surface area contributed by atoms with Crippen molar-refractivity contribution in [2.24, 2.45) is 9.98 Å². The third kappa shape index (κ3) is 9.03. The van der Waals surface area contributed by atoms with Crippen LogP contribution >= 0.6 is 0 Å². The zero-order valence-electron chi connectivity index (χ0n) is 12.8. The van der Waals surface area contributed by atoms with Crippen LogP contribution in [0, 0.1) is 0 Å². The summed E-state index contributed by atoms with van der Waals surface area (Å²) in [5.74, 6) is 0. The van der Waals surface area contributed by atoms with E-state index in [0.717, 1.165) is 37.1 Å². The zero-order chi connectivity index (χ0) is 14.0. The third-order valence-electron chi connectivity index (χ3n) is 3.04. The second-order valence-corrected chi connectivity index (χ2v) is 5.52. The molecule has 4 heteroatoms. The summed E-state index contributed by atoms with van der Waals surface area (Å²) < 4.78 is 0.935. The maximum Gasteiger partial charge on any atom is 0.104 e. The Morgan fingerprint density at radius 1 is 1.05 bits per heavy atom. The first-order valence-corrected chi connectivity index (χ1v) is 7.08. The molecule has 0 aliphatic rings. The number of benzene rings is 1. The van der Waals surface area contributed by atoms with Gasteiger partial charge < -0.3 is 21.5 Å². The van der Waals surface area contributed by atoms with Crippen molar-refractivity contribution in [1.82, 2.24) is 0 Å². The summed E-state index contributed by atoms with van der Waals surface area (Å²) >= 11 is 0. The average molecular weight is 340 g/mol. The molecule has 0 amide bonds. The van der Waals surface area contributed by atoms with Gasteiger partial charge in [0.2, 0.25) is 0 Å². The molecular formula is C16H26BrN3. The highest BCUT2D eigenvalue weighted by molar-refractivity contribution is 5.40. The van der Waals surface area contributed by atoms with Crippen LogP contribution in [-0.2, 0) is 6.54 Å². The van der Waals surface area contributed by atoms with Crippen molar-refractivity contribution in [3.05, 3.63) is 35.9 Å². The van der Waals surface area contributed by atoms with E-state index in [1.165, 1.54) is 12.0 Å². The van der Waals surface area contributed by atoms with E-state index < -0.39 is 0 Å². The molecule has 0 aliphatic heterocycles. The average Bonchev–Trinajstić information content (AvgIpc) is 2.38. The maximum absolute atomic E-state index is 4.24. The largest absolute Gasteiger partial charge is 1.00 e. The van der Waals surface area contributed by atoms with Gasteiger partial charge in [-0.3, -0.25) is 0 Å². The molecule has 0 unspecified atom stereocenters. The van der Waals surface area contributed by atoms with E-state index in [9.17, 15) is 0 Å². The van der Waals surface area contributed by atoms with Crippen molar-refractivity contribution < 1.29 is 21.5 Å². The van der Waals surface area contributed by atoms with Crippen LogP contribution in [0.4, 0.5) is 0 Å². The lowest BCUT2D eigenvalue weighted by Gasteiger charge is -2.29. The first-order chi connectivity index (χ1) is 9.14. The van der Waals surface area contributed by atoms with Gasteiger partial charge in [-0.1, -0.05) is 43.7 Å². The normalized spacial score (nSPS) is 10.3. The fraction of sp³-hybridized carbons (Fsp3) is 0.562. The summed E-state index contributed by atoms with van der Waals surface area (Å²) in [4.78, 5) is 8.38. The standard InChI is InChI=1S/C16H26N3.BrH/c1-4-5-11-17-15-18-12-13-19(2,3)14-16-9-7-6-8-10-16;/h6-10H,4-5,11-14H2,1-3H3;1H/q+1;/p-1. The summed E-state index contributed by atoms with van der Waals surface area (Å²) in [5, 5.41) is 0. The summed E-state index contributed by atoms with van der Waals surface area (Å²) in [7, 11) is 4.47. The molecule has 0 radical (unpaired) electrons. The Bertz CT molecular complexity index is 409. The Kier molecular flexibility index (Phi) is 10.3. The molecule has 0 N–H and O–H groups in total. The van der Waals surface area contributed by atoms with E-state index in [4.69, 9.17) is 0 Å². The monoisotopic (exact) mass is 339 g/mol. The van der Waals surface area contributed by atoms with Crippen LogP contribution in [0.2, 0.25) is 0 Å². The number of hydrogen-bond donors (Lipinski definition) is 0. The number of aliphatic imine (C=N–C) groups is 2. The van der Waals surface area contributed by atoms with Crippen LogP contribution < -0.4 is 17.0 Å². The third-order valence-corrected chi connectivity index (χ3v) is 3.04. The molecule has 1 aromatic carbocycles. The minimum Gasteiger partial charge on any atom is -1.00 e. The number of nitrogens with zero attached hydrogens (tertiary/aromatic N) is 3. The molecule has 0 aliphatic carbocycles. The molecule has 0 atom stereocenters.